The summed E-state index contributed by atoms with van der Waals surface area (Å²) < 4.78 is 5.22. The summed E-state index contributed by atoms with van der Waals surface area (Å²) in [7, 11) is 1.61. The fourth-order valence-electron chi connectivity index (χ4n) is 2.96. The normalized spacial score (nSPS) is 10.4. The maximum atomic E-state index is 12.8. The third kappa shape index (κ3) is 4.46. The lowest BCUT2D eigenvalue weighted by molar-refractivity contribution is 0.102. The Morgan fingerprint density at radius 1 is 1.04 bits per heavy atom. The standard InChI is InChI=1S/C22H24N4O2/c1-4-15-8-6-9-16(5-2)20(15)26-21(27)19-12-13-23-22(25-19)24-17-10-7-11-18(14-17)28-3/h6-14H,4-5H2,1-3H3,(H,26,27)(H,23,24,25). The minimum atomic E-state index is -0.258. The summed E-state index contributed by atoms with van der Waals surface area (Å²) in [6, 6.07) is 15.1. The molecule has 0 atom stereocenters. The van der Waals surface area contributed by atoms with Crippen molar-refractivity contribution in [1.29, 1.82) is 0 Å². The van der Waals surface area contributed by atoms with Gasteiger partial charge in [-0.1, -0.05) is 38.1 Å². The lowest BCUT2D eigenvalue weighted by Gasteiger charge is -2.14. The third-order valence-electron chi connectivity index (χ3n) is 4.45. The van der Waals surface area contributed by atoms with Crippen molar-refractivity contribution in [3.05, 3.63) is 71.5 Å². The van der Waals surface area contributed by atoms with Gasteiger partial charge in [0.25, 0.3) is 5.91 Å². The molecule has 6 heteroatoms. The molecule has 0 unspecified atom stereocenters. The number of carbonyl (C=O) groups excluding carboxylic acids is 1. The second-order valence-corrected chi connectivity index (χ2v) is 6.23. The monoisotopic (exact) mass is 376 g/mol. The van der Waals surface area contributed by atoms with Gasteiger partial charge in [-0.3, -0.25) is 4.79 Å². The van der Waals surface area contributed by atoms with Gasteiger partial charge < -0.3 is 15.4 Å². The number of nitrogens with zero attached hydrogens (tertiary/aromatic N) is 2. The number of hydrogen-bond acceptors (Lipinski definition) is 5. The van der Waals surface area contributed by atoms with E-state index in [9.17, 15) is 4.79 Å². The van der Waals surface area contributed by atoms with Crippen molar-refractivity contribution >= 4 is 23.2 Å². The number of benzene rings is 2. The van der Waals surface area contributed by atoms with Crippen LogP contribution in [0.4, 0.5) is 17.3 Å². The molecule has 28 heavy (non-hydrogen) atoms. The van der Waals surface area contributed by atoms with Crippen LogP contribution in [-0.2, 0) is 12.8 Å². The van der Waals surface area contributed by atoms with E-state index in [4.69, 9.17) is 4.74 Å². The Kier molecular flexibility index (Phi) is 6.22. The van der Waals surface area contributed by atoms with Crippen LogP contribution in [-0.4, -0.2) is 23.0 Å². The van der Waals surface area contributed by atoms with Gasteiger partial charge in [-0.05, 0) is 42.2 Å². The molecule has 0 aliphatic heterocycles. The summed E-state index contributed by atoms with van der Waals surface area (Å²) in [6.07, 6.45) is 3.25. The molecule has 0 saturated carbocycles. The summed E-state index contributed by atoms with van der Waals surface area (Å²) in [6.45, 7) is 4.15. The zero-order chi connectivity index (χ0) is 19.9. The summed E-state index contributed by atoms with van der Waals surface area (Å²) >= 11 is 0. The smallest absolute Gasteiger partial charge is 0.274 e. The predicted octanol–water partition coefficient (Wildman–Crippen LogP) is 4.61. The van der Waals surface area contributed by atoms with Crippen molar-refractivity contribution < 1.29 is 9.53 Å². The molecule has 0 fully saturated rings. The number of methoxy groups -OCH3 is 1. The second kappa shape index (κ2) is 8.99. The lowest BCUT2D eigenvalue weighted by Crippen LogP contribution is -2.17. The number of amides is 1. The van der Waals surface area contributed by atoms with Crippen LogP contribution < -0.4 is 15.4 Å². The molecule has 3 aromatic rings. The van der Waals surface area contributed by atoms with Gasteiger partial charge in [-0.2, -0.15) is 0 Å². The van der Waals surface area contributed by atoms with Gasteiger partial charge in [0, 0.05) is 23.6 Å². The van der Waals surface area contributed by atoms with E-state index in [1.807, 2.05) is 42.5 Å². The molecule has 0 aliphatic carbocycles. The van der Waals surface area contributed by atoms with Gasteiger partial charge in [0.05, 0.1) is 7.11 Å². The van der Waals surface area contributed by atoms with Crippen LogP contribution in [0.15, 0.2) is 54.7 Å². The van der Waals surface area contributed by atoms with Crippen LogP contribution in [0.25, 0.3) is 0 Å². The first-order valence-electron chi connectivity index (χ1n) is 9.30. The van der Waals surface area contributed by atoms with Crippen molar-refractivity contribution in [2.24, 2.45) is 0 Å². The molecule has 2 N–H and O–H groups in total. The zero-order valence-corrected chi connectivity index (χ0v) is 16.3. The van der Waals surface area contributed by atoms with E-state index in [0.717, 1.165) is 41.1 Å². The third-order valence-corrected chi connectivity index (χ3v) is 4.45. The highest BCUT2D eigenvalue weighted by Crippen LogP contribution is 2.23. The molecule has 6 nitrogen and oxygen atoms in total. The Bertz CT molecular complexity index is 950. The van der Waals surface area contributed by atoms with E-state index >= 15 is 0 Å². The van der Waals surface area contributed by atoms with Crippen LogP contribution in [0.5, 0.6) is 5.75 Å². The summed E-state index contributed by atoms with van der Waals surface area (Å²) in [5.74, 6) is 0.814. The average Bonchev–Trinajstić information content (AvgIpc) is 2.74. The van der Waals surface area contributed by atoms with Crippen LogP contribution >= 0.6 is 0 Å². The van der Waals surface area contributed by atoms with Gasteiger partial charge in [0.2, 0.25) is 5.95 Å². The van der Waals surface area contributed by atoms with Crippen molar-refractivity contribution in [1.82, 2.24) is 9.97 Å². The second-order valence-electron chi connectivity index (χ2n) is 6.23. The molecule has 0 saturated heterocycles. The fourth-order valence-corrected chi connectivity index (χ4v) is 2.96. The molecular weight excluding hydrogens is 352 g/mol. The molecule has 1 aromatic heterocycles. The van der Waals surface area contributed by atoms with E-state index < -0.39 is 0 Å². The lowest BCUT2D eigenvalue weighted by atomic mass is 10.0. The predicted molar refractivity (Wildman–Crippen MR) is 111 cm³/mol. The number of hydrogen-bond donors (Lipinski definition) is 2. The minimum absolute atomic E-state index is 0.258. The highest BCUT2D eigenvalue weighted by Gasteiger charge is 2.14. The summed E-state index contributed by atoms with van der Waals surface area (Å²) in [5, 5.41) is 6.13. The number of ether oxygens (including phenoxy) is 1. The Morgan fingerprint density at radius 2 is 1.75 bits per heavy atom. The van der Waals surface area contributed by atoms with Gasteiger partial charge in [0.15, 0.2) is 0 Å². The van der Waals surface area contributed by atoms with Gasteiger partial charge >= 0.3 is 0 Å². The molecule has 3 rings (SSSR count). The largest absolute Gasteiger partial charge is 0.497 e. The highest BCUT2D eigenvalue weighted by atomic mass is 16.5. The summed E-state index contributed by atoms with van der Waals surface area (Å²) in [4.78, 5) is 21.4. The molecule has 144 valence electrons. The average molecular weight is 376 g/mol. The van der Waals surface area contributed by atoms with E-state index in [1.54, 1.807) is 19.4 Å². The number of anilines is 3. The van der Waals surface area contributed by atoms with Crippen molar-refractivity contribution in [3.63, 3.8) is 0 Å². The first kappa shape index (κ1) is 19.4. The molecule has 0 radical (unpaired) electrons. The van der Waals surface area contributed by atoms with Gasteiger partial charge in [-0.15, -0.1) is 0 Å². The molecule has 1 heterocycles. The number of aryl methyl sites for hydroxylation is 2. The maximum Gasteiger partial charge on any atom is 0.274 e. The Hall–Kier alpha value is -3.41. The molecular formula is C22H24N4O2. The quantitative estimate of drug-likeness (QED) is 0.630. The number of aromatic nitrogens is 2. The fraction of sp³-hybridized carbons (Fsp3) is 0.227. The molecule has 0 aliphatic rings. The molecule has 0 spiro atoms. The van der Waals surface area contributed by atoms with Crippen LogP contribution in [0, 0.1) is 0 Å². The van der Waals surface area contributed by atoms with Crippen molar-refractivity contribution in [3.8, 4) is 5.75 Å². The van der Waals surface area contributed by atoms with Gasteiger partial charge in [-0.25, -0.2) is 9.97 Å². The molecule has 2 aromatic carbocycles. The SMILES string of the molecule is CCc1cccc(CC)c1NC(=O)c1ccnc(Nc2cccc(OC)c2)n1. The van der Waals surface area contributed by atoms with E-state index in [-0.39, 0.29) is 5.91 Å². The van der Waals surface area contributed by atoms with Crippen molar-refractivity contribution in [2.45, 2.75) is 26.7 Å². The maximum absolute atomic E-state index is 12.8. The zero-order valence-electron chi connectivity index (χ0n) is 16.3. The molecule has 0 bridgehead atoms. The summed E-state index contributed by atoms with van der Waals surface area (Å²) in [5.41, 5.74) is 4.17. The first-order valence-corrected chi connectivity index (χ1v) is 9.30. The Labute approximate surface area is 165 Å². The Balaban J connectivity index is 1.81. The minimum Gasteiger partial charge on any atom is -0.497 e. The van der Waals surface area contributed by atoms with Crippen LogP contribution in [0.3, 0.4) is 0 Å². The van der Waals surface area contributed by atoms with Gasteiger partial charge in [0.1, 0.15) is 11.4 Å². The topological polar surface area (TPSA) is 76.1 Å². The van der Waals surface area contributed by atoms with Crippen molar-refractivity contribution in [2.75, 3.05) is 17.7 Å². The number of carbonyl (C=O) groups is 1. The highest BCUT2D eigenvalue weighted by molar-refractivity contribution is 6.03. The van der Waals surface area contributed by atoms with E-state index in [2.05, 4.69) is 34.4 Å². The number of nitrogens with one attached hydrogen (secondary N) is 2. The van der Waals surface area contributed by atoms with Crippen LogP contribution in [0.1, 0.15) is 35.5 Å². The van der Waals surface area contributed by atoms with E-state index in [0.29, 0.717) is 11.6 Å². The number of rotatable bonds is 7. The van der Waals surface area contributed by atoms with E-state index in [1.165, 1.54) is 0 Å². The molecule has 1 amide bonds. The van der Waals surface area contributed by atoms with Crippen LogP contribution in [0.2, 0.25) is 0 Å². The number of para-hydroxylation sites is 1. The Morgan fingerprint density at radius 3 is 2.43 bits per heavy atom. The first-order chi connectivity index (χ1) is 13.6.